The summed E-state index contributed by atoms with van der Waals surface area (Å²) in [5, 5.41) is 8.19. The highest BCUT2D eigenvalue weighted by molar-refractivity contribution is 5.32. The van der Waals surface area contributed by atoms with E-state index in [-0.39, 0.29) is 11.6 Å². The van der Waals surface area contributed by atoms with Gasteiger partial charge in [0, 0.05) is 13.2 Å². The molecule has 120 valence electrons. The molecule has 1 aliphatic rings. The first kappa shape index (κ1) is 16.3. The summed E-state index contributed by atoms with van der Waals surface area (Å²) in [7, 11) is 3.53. The van der Waals surface area contributed by atoms with Crippen LogP contribution in [0.1, 0.15) is 64.2 Å². The Morgan fingerprint density at radius 2 is 2.10 bits per heavy atom. The Morgan fingerprint density at radius 1 is 1.38 bits per heavy atom. The van der Waals surface area contributed by atoms with Gasteiger partial charge in [0.1, 0.15) is 5.69 Å². The minimum absolute atomic E-state index is 0.121. The third-order valence-electron chi connectivity index (χ3n) is 4.51. The molecule has 0 aliphatic heterocycles. The van der Waals surface area contributed by atoms with Crippen molar-refractivity contribution in [3.05, 3.63) is 11.9 Å². The van der Waals surface area contributed by atoms with E-state index in [9.17, 15) is 0 Å². The number of nitrogens with one attached hydrogen (secondary N) is 1. The molecule has 0 spiro atoms. The van der Waals surface area contributed by atoms with Crippen molar-refractivity contribution in [3.63, 3.8) is 0 Å². The normalized spacial score (nSPS) is 18.6. The van der Waals surface area contributed by atoms with Gasteiger partial charge in [0.15, 0.2) is 5.75 Å². The number of hydrogen-bond donors (Lipinski definition) is 1. The quantitative estimate of drug-likeness (QED) is 0.800. The van der Waals surface area contributed by atoms with Crippen LogP contribution < -0.4 is 10.1 Å². The van der Waals surface area contributed by atoms with Gasteiger partial charge in [-0.05, 0) is 46.1 Å². The zero-order chi connectivity index (χ0) is 15.5. The van der Waals surface area contributed by atoms with Crippen molar-refractivity contribution in [3.8, 4) is 5.75 Å². The van der Waals surface area contributed by atoms with Crippen molar-refractivity contribution in [2.24, 2.45) is 0 Å². The van der Waals surface area contributed by atoms with Crippen LogP contribution in [0.15, 0.2) is 6.20 Å². The van der Waals surface area contributed by atoms with Crippen LogP contribution in [0.2, 0.25) is 0 Å². The summed E-state index contributed by atoms with van der Waals surface area (Å²) >= 11 is 0. The number of nitrogens with zero attached hydrogens (tertiary/aromatic N) is 2. The zero-order valence-electron chi connectivity index (χ0n) is 14.0. The number of hydrogen-bond acceptors (Lipinski definition) is 4. The number of rotatable bonds is 8. The second-order valence-corrected chi connectivity index (χ2v) is 6.15. The molecule has 1 N–H and O–H groups in total. The lowest BCUT2D eigenvalue weighted by Gasteiger charge is -2.47. The van der Waals surface area contributed by atoms with Crippen molar-refractivity contribution < 1.29 is 9.47 Å². The van der Waals surface area contributed by atoms with Crippen LogP contribution in [0.3, 0.4) is 0 Å². The predicted octanol–water partition coefficient (Wildman–Crippen LogP) is 3.08. The van der Waals surface area contributed by atoms with E-state index in [0.29, 0.717) is 6.04 Å². The highest BCUT2D eigenvalue weighted by Gasteiger charge is 2.47. The first-order chi connectivity index (χ1) is 10.1. The summed E-state index contributed by atoms with van der Waals surface area (Å²) in [6, 6.07) is 0.417. The molecule has 1 aromatic heterocycles. The van der Waals surface area contributed by atoms with Crippen molar-refractivity contribution in [1.29, 1.82) is 0 Å². The third kappa shape index (κ3) is 2.94. The van der Waals surface area contributed by atoms with Gasteiger partial charge >= 0.3 is 0 Å². The third-order valence-corrected chi connectivity index (χ3v) is 4.51. The molecule has 1 fully saturated rings. The standard InChI is InChI=1S/C16H29N3O2/c1-6-10-17-15(16(21-5)8-7-9-16)14-13(20-4)11-18-19(14)12(2)3/h11-12,15,17H,6-10H2,1-5H3. The summed E-state index contributed by atoms with van der Waals surface area (Å²) < 4.78 is 13.6. The zero-order valence-corrected chi connectivity index (χ0v) is 14.0. The summed E-state index contributed by atoms with van der Waals surface area (Å²) in [5.74, 6) is 0.848. The minimum Gasteiger partial charge on any atom is -0.493 e. The second kappa shape index (κ2) is 6.79. The van der Waals surface area contributed by atoms with Gasteiger partial charge in [0.2, 0.25) is 0 Å². The molecule has 0 radical (unpaired) electrons. The fraction of sp³-hybridized carbons (Fsp3) is 0.812. The van der Waals surface area contributed by atoms with Gasteiger partial charge in [-0.15, -0.1) is 0 Å². The molecular weight excluding hydrogens is 266 g/mol. The van der Waals surface area contributed by atoms with Gasteiger partial charge in [0.05, 0.1) is 24.9 Å². The van der Waals surface area contributed by atoms with Crippen LogP contribution in [-0.4, -0.2) is 36.1 Å². The molecule has 0 amide bonds. The maximum absolute atomic E-state index is 5.93. The van der Waals surface area contributed by atoms with Crippen LogP contribution in [0, 0.1) is 0 Å². The molecule has 2 rings (SSSR count). The van der Waals surface area contributed by atoms with Crippen molar-refractivity contribution in [2.75, 3.05) is 20.8 Å². The predicted molar refractivity (Wildman–Crippen MR) is 83.8 cm³/mol. The maximum atomic E-state index is 5.93. The van der Waals surface area contributed by atoms with Gasteiger partial charge in [-0.3, -0.25) is 4.68 Å². The Bertz CT molecular complexity index is 447. The highest BCUT2D eigenvalue weighted by atomic mass is 16.5. The lowest BCUT2D eigenvalue weighted by atomic mass is 9.73. The van der Waals surface area contributed by atoms with Gasteiger partial charge < -0.3 is 14.8 Å². The lowest BCUT2D eigenvalue weighted by molar-refractivity contribution is -0.102. The lowest BCUT2D eigenvalue weighted by Crippen LogP contribution is -2.51. The molecule has 1 heterocycles. The molecule has 1 aromatic rings. The molecule has 0 aromatic carbocycles. The molecule has 1 atom stereocenters. The average molecular weight is 295 g/mol. The first-order valence-electron chi connectivity index (χ1n) is 7.99. The number of aromatic nitrogens is 2. The summed E-state index contributed by atoms with van der Waals surface area (Å²) in [4.78, 5) is 0. The molecule has 1 aliphatic carbocycles. The van der Waals surface area contributed by atoms with Crippen molar-refractivity contribution >= 4 is 0 Å². The molecule has 0 bridgehead atoms. The fourth-order valence-electron chi connectivity index (χ4n) is 3.16. The summed E-state index contributed by atoms with van der Waals surface area (Å²) in [6.07, 6.45) is 6.29. The smallest absolute Gasteiger partial charge is 0.161 e. The first-order valence-corrected chi connectivity index (χ1v) is 7.99. The summed E-state index contributed by atoms with van der Waals surface area (Å²) in [5.41, 5.74) is 0.984. The average Bonchev–Trinajstić information content (AvgIpc) is 2.85. The highest BCUT2D eigenvalue weighted by Crippen LogP contribution is 2.47. The van der Waals surface area contributed by atoms with Crippen molar-refractivity contribution in [1.82, 2.24) is 15.1 Å². The summed E-state index contributed by atoms with van der Waals surface area (Å²) in [6.45, 7) is 7.43. The number of ether oxygens (including phenoxy) is 2. The Kier molecular flexibility index (Phi) is 5.27. The number of methoxy groups -OCH3 is 2. The monoisotopic (exact) mass is 295 g/mol. The van der Waals surface area contributed by atoms with E-state index in [1.54, 1.807) is 7.11 Å². The fourth-order valence-corrected chi connectivity index (χ4v) is 3.16. The van der Waals surface area contributed by atoms with Gasteiger partial charge in [-0.2, -0.15) is 5.10 Å². The van der Waals surface area contributed by atoms with E-state index in [4.69, 9.17) is 9.47 Å². The molecule has 0 saturated heterocycles. The second-order valence-electron chi connectivity index (χ2n) is 6.15. The maximum Gasteiger partial charge on any atom is 0.161 e. The molecule has 1 saturated carbocycles. The Morgan fingerprint density at radius 3 is 2.52 bits per heavy atom. The molecule has 1 unspecified atom stereocenters. The Labute approximate surface area is 128 Å². The topological polar surface area (TPSA) is 48.3 Å². The van der Waals surface area contributed by atoms with Gasteiger partial charge in [0.25, 0.3) is 0 Å². The van der Waals surface area contributed by atoms with Crippen LogP contribution in [-0.2, 0) is 4.74 Å². The van der Waals surface area contributed by atoms with Crippen LogP contribution in [0.25, 0.3) is 0 Å². The van der Waals surface area contributed by atoms with E-state index in [0.717, 1.165) is 37.3 Å². The van der Waals surface area contributed by atoms with E-state index in [1.165, 1.54) is 6.42 Å². The Hall–Kier alpha value is -1.07. The molecule has 5 nitrogen and oxygen atoms in total. The van der Waals surface area contributed by atoms with Crippen molar-refractivity contribution in [2.45, 2.75) is 64.1 Å². The van der Waals surface area contributed by atoms with Crippen LogP contribution in [0.5, 0.6) is 5.75 Å². The van der Waals surface area contributed by atoms with E-state index in [1.807, 2.05) is 13.3 Å². The van der Waals surface area contributed by atoms with Crippen LogP contribution in [0.4, 0.5) is 0 Å². The largest absolute Gasteiger partial charge is 0.493 e. The van der Waals surface area contributed by atoms with Gasteiger partial charge in [-0.1, -0.05) is 6.92 Å². The van der Waals surface area contributed by atoms with E-state index in [2.05, 4.69) is 35.9 Å². The van der Waals surface area contributed by atoms with E-state index >= 15 is 0 Å². The minimum atomic E-state index is -0.130. The molecule has 21 heavy (non-hydrogen) atoms. The SMILES string of the molecule is CCCNC(c1c(OC)cnn1C(C)C)C1(OC)CCC1. The Balaban J connectivity index is 2.42. The van der Waals surface area contributed by atoms with E-state index < -0.39 is 0 Å². The molecule has 5 heteroatoms. The van der Waals surface area contributed by atoms with Crippen LogP contribution >= 0.6 is 0 Å². The van der Waals surface area contributed by atoms with Gasteiger partial charge in [-0.25, -0.2) is 0 Å². The molecular formula is C16H29N3O2.